The Morgan fingerprint density at radius 1 is 1.65 bits per heavy atom. The van der Waals surface area contributed by atoms with Crippen LogP contribution >= 0.6 is 0 Å². The molecule has 0 aromatic carbocycles. The number of likely N-dealkylation sites (tertiary alicyclic amines) is 1. The number of hydrogen-bond donors (Lipinski definition) is 2. The number of hydrogen-bond acceptors (Lipinski definition) is 5. The molecular formula is C13H22N4O3. The fraction of sp³-hybridized carbons (Fsp3) is 0.769. The van der Waals surface area contributed by atoms with Crippen molar-refractivity contribution in [1.82, 2.24) is 20.3 Å². The molecule has 0 unspecified atom stereocenters. The number of carbonyl (C=O) groups is 1. The van der Waals surface area contributed by atoms with E-state index in [0.717, 1.165) is 0 Å². The molecule has 2 N–H and O–H groups in total. The van der Waals surface area contributed by atoms with Crippen molar-refractivity contribution in [2.75, 3.05) is 26.8 Å². The monoisotopic (exact) mass is 282 g/mol. The topological polar surface area (TPSA) is 91.3 Å². The molecule has 2 rings (SSSR count). The summed E-state index contributed by atoms with van der Waals surface area (Å²) in [5.41, 5.74) is -1.10. The lowest BCUT2D eigenvalue weighted by molar-refractivity contribution is -0.141. The predicted molar refractivity (Wildman–Crippen MR) is 71.8 cm³/mol. The molecular weight excluding hydrogens is 260 g/mol. The van der Waals surface area contributed by atoms with Gasteiger partial charge in [0.15, 0.2) is 0 Å². The van der Waals surface area contributed by atoms with Crippen LogP contribution in [0.3, 0.4) is 0 Å². The first-order valence-corrected chi connectivity index (χ1v) is 6.76. The number of H-pyrrole nitrogens is 1. The third-order valence-corrected chi connectivity index (χ3v) is 3.94. The molecule has 7 nitrogen and oxygen atoms in total. The standard InChI is InChI=1S/C13H22N4O3/c1-12(2,5-7-20-3)11(18)17-6-4-13(19,9-17)10-8-14-16-15-10/h8,19H,4-7,9H2,1-3H3,(H,14,15,16)/t13-/m0/s1. The van der Waals surface area contributed by atoms with Gasteiger partial charge in [-0.1, -0.05) is 13.8 Å². The number of amides is 1. The molecule has 1 aliphatic rings. The van der Waals surface area contributed by atoms with Crippen LogP contribution in [0.2, 0.25) is 0 Å². The molecule has 20 heavy (non-hydrogen) atoms. The van der Waals surface area contributed by atoms with Crippen LogP contribution in [0.5, 0.6) is 0 Å². The van der Waals surface area contributed by atoms with Crippen LogP contribution in [0.1, 0.15) is 32.4 Å². The molecule has 2 heterocycles. The van der Waals surface area contributed by atoms with Crippen LogP contribution in [0, 0.1) is 5.41 Å². The van der Waals surface area contributed by atoms with Crippen molar-refractivity contribution in [3.05, 3.63) is 11.9 Å². The predicted octanol–water partition coefficient (Wildman–Crippen LogP) is 0.287. The first kappa shape index (κ1) is 14.9. The highest BCUT2D eigenvalue weighted by atomic mass is 16.5. The maximum Gasteiger partial charge on any atom is 0.228 e. The lowest BCUT2D eigenvalue weighted by atomic mass is 9.88. The van der Waals surface area contributed by atoms with E-state index in [0.29, 0.717) is 31.7 Å². The minimum absolute atomic E-state index is 0.0361. The Balaban J connectivity index is 2.04. The highest BCUT2D eigenvalue weighted by Crippen LogP contribution is 2.33. The lowest BCUT2D eigenvalue weighted by Crippen LogP contribution is -2.42. The van der Waals surface area contributed by atoms with Gasteiger partial charge in [-0.05, 0) is 6.42 Å². The Hall–Kier alpha value is -1.47. The molecule has 1 fully saturated rings. The summed E-state index contributed by atoms with van der Waals surface area (Å²) in [6, 6.07) is 0. The third-order valence-electron chi connectivity index (χ3n) is 3.94. The van der Waals surface area contributed by atoms with Crippen LogP contribution in [0.25, 0.3) is 0 Å². The van der Waals surface area contributed by atoms with Gasteiger partial charge in [0.25, 0.3) is 0 Å². The number of nitrogens with one attached hydrogen (secondary N) is 1. The summed E-state index contributed by atoms with van der Waals surface area (Å²) in [7, 11) is 1.62. The van der Waals surface area contributed by atoms with Gasteiger partial charge in [-0.25, -0.2) is 0 Å². The minimum Gasteiger partial charge on any atom is -0.385 e. The number of aromatic amines is 1. The first-order chi connectivity index (χ1) is 9.39. The highest BCUT2D eigenvalue weighted by molar-refractivity contribution is 5.82. The summed E-state index contributed by atoms with van der Waals surface area (Å²) in [4.78, 5) is 14.2. The quantitative estimate of drug-likeness (QED) is 0.810. The Morgan fingerprint density at radius 3 is 3.00 bits per heavy atom. The summed E-state index contributed by atoms with van der Waals surface area (Å²) < 4.78 is 5.05. The number of methoxy groups -OCH3 is 1. The molecule has 1 atom stereocenters. The zero-order chi connectivity index (χ0) is 14.8. The Labute approximate surface area is 118 Å². The van der Waals surface area contributed by atoms with Crippen LogP contribution in [-0.4, -0.2) is 58.1 Å². The van der Waals surface area contributed by atoms with E-state index >= 15 is 0 Å². The highest BCUT2D eigenvalue weighted by Gasteiger charge is 2.44. The maximum atomic E-state index is 12.5. The second kappa shape index (κ2) is 5.49. The van der Waals surface area contributed by atoms with Gasteiger partial charge in [-0.2, -0.15) is 15.4 Å². The van der Waals surface area contributed by atoms with Crippen LogP contribution in [-0.2, 0) is 15.1 Å². The van der Waals surface area contributed by atoms with Crippen LogP contribution in [0.15, 0.2) is 6.20 Å². The summed E-state index contributed by atoms with van der Waals surface area (Å²) in [5, 5.41) is 20.7. The van der Waals surface area contributed by atoms with E-state index in [1.54, 1.807) is 12.0 Å². The Morgan fingerprint density at radius 2 is 2.40 bits per heavy atom. The van der Waals surface area contributed by atoms with Crippen molar-refractivity contribution in [1.29, 1.82) is 0 Å². The van der Waals surface area contributed by atoms with Gasteiger partial charge in [-0.3, -0.25) is 4.79 Å². The lowest BCUT2D eigenvalue weighted by Gasteiger charge is -2.30. The van der Waals surface area contributed by atoms with Gasteiger partial charge in [0.05, 0.1) is 12.7 Å². The van der Waals surface area contributed by atoms with Gasteiger partial charge >= 0.3 is 0 Å². The molecule has 1 aliphatic heterocycles. The molecule has 0 spiro atoms. The van der Waals surface area contributed by atoms with Gasteiger partial charge in [0.2, 0.25) is 5.91 Å². The van der Waals surface area contributed by atoms with Crippen LogP contribution < -0.4 is 0 Å². The fourth-order valence-electron chi connectivity index (χ4n) is 2.49. The number of carbonyl (C=O) groups excluding carboxylic acids is 1. The van der Waals surface area contributed by atoms with Crippen molar-refractivity contribution in [2.45, 2.75) is 32.3 Å². The third kappa shape index (κ3) is 2.83. The summed E-state index contributed by atoms with van der Waals surface area (Å²) in [6.07, 6.45) is 2.64. The summed E-state index contributed by atoms with van der Waals surface area (Å²) >= 11 is 0. The van der Waals surface area contributed by atoms with Crippen molar-refractivity contribution in [2.24, 2.45) is 5.41 Å². The molecule has 1 amide bonds. The SMILES string of the molecule is COCCC(C)(C)C(=O)N1CC[C@@](O)(c2cn[nH]n2)C1. The molecule has 0 saturated carbocycles. The summed E-state index contributed by atoms with van der Waals surface area (Å²) in [6.45, 7) is 5.14. The number of β-amino-alcohol motifs (C(OH)–C–C–N with tert-alkyl or cyclic N) is 1. The van der Waals surface area contributed by atoms with Crippen molar-refractivity contribution in [3.63, 3.8) is 0 Å². The molecule has 1 saturated heterocycles. The van der Waals surface area contributed by atoms with E-state index in [2.05, 4.69) is 15.4 Å². The van der Waals surface area contributed by atoms with Crippen molar-refractivity contribution in [3.8, 4) is 0 Å². The van der Waals surface area contributed by atoms with Gasteiger partial charge in [-0.15, -0.1) is 0 Å². The number of aromatic nitrogens is 3. The van der Waals surface area contributed by atoms with E-state index in [1.807, 2.05) is 13.8 Å². The van der Waals surface area contributed by atoms with Gasteiger partial charge < -0.3 is 14.7 Å². The first-order valence-electron chi connectivity index (χ1n) is 6.76. The molecule has 112 valence electrons. The largest absolute Gasteiger partial charge is 0.385 e. The van der Waals surface area contributed by atoms with Gasteiger partial charge in [0, 0.05) is 32.1 Å². The van der Waals surface area contributed by atoms with E-state index in [1.165, 1.54) is 6.20 Å². The van der Waals surface area contributed by atoms with Gasteiger partial charge in [0.1, 0.15) is 11.3 Å². The average Bonchev–Trinajstić information content (AvgIpc) is 3.05. The second-order valence-electron chi connectivity index (χ2n) is 5.99. The van der Waals surface area contributed by atoms with E-state index in [9.17, 15) is 9.90 Å². The average molecular weight is 282 g/mol. The summed E-state index contributed by atoms with van der Waals surface area (Å²) in [5.74, 6) is 0.0361. The fourth-order valence-corrected chi connectivity index (χ4v) is 2.49. The maximum absolute atomic E-state index is 12.5. The Kier molecular flexibility index (Phi) is 4.10. The molecule has 0 bridgehead atoms. The molecule has 0 aliphatic carbocycles. The minimum atomic E-state index is -1.10. The Bertz CT molecular complexity index is 460. The van der Waals surface area contributed by atoms with Crippen LogP contribution in [0.4, 0.5) is 0 Å². The molecule has 7 heteroatoms. The number of nitrogens with zero attached hydrogens (tertiary/aromatic N) is 3. The number of rotatable bonds is 5. The number of aliphatic hydroxyl groups is 1. The zero-order valence-electron chi connectivity index (χ0n) is 12.2. The van der Waals surface area contributed by atoms with Crippen molar-refractivity contribution < 1.29 is 14.6 Å². The molecule has 0 radical (unpaired) electrons. The molecule has 1 aromatic rings. The zero-order valence-corrected chi connectivity index (χ0v) is 12.2. The smallest absolute Gasteiger partial charge is 0.228 e. The number of ether oxygens (including phenoxy) is 1. The second-order valence-corrected chi connectivity index (χ2v) is 5.99. The van der Waals surface area contributed by atoms with E-state index in [-0.39, 0.29) is 12.5 Å². The molecule has 1 aromatic heterocycles. The normalized spacial score (nSPS) is 23.3. The van der Waals surface area contributed by atoms with E-state index in [4.69, 9.17) is 4.74 Å². The van der Waals surface area contributed by atoms with Crippen molar-refractivity contribution >= 4 is 5.91 Å². The van der Waals surface area contributed by atoms with E-state index < -0.39 is 11.0 Å².